The number of hydrogen-bond acceptors (Lipinski definition) is 3. The van der Waals surface area contributed by atoms with Gasteiger partial charge < -0.3 is 15.9 Å². The lowest BCUT2D eigenvalue weighted by molar-refractivity contribution is 0.403. The quantitative estimate of drug-likeness (QED) is 0.661. The SMILES string of the molecule is Cc1cc(O)c(O)c(Cl)c1CC(C)N. The molecular formula is C10H14ClNO2. The molecule has 3 nitrogen and oxygen atoms in total. The van der Waals surface area contributed by atoms with Crippen LogP contribution in [0, 0.1) is 6.92 Å². The summed E-state index contributed by atoms with van der Waals surface area (Å²) in [6.45, 7) is 3.68. The standard InChI is InChI=1S/C10H14ClNO2/c1-5-3-8(13)10(14)9(11)7(5)4-6(2)12/h3,6,13-14H,4,12H2,1-2H3. The molecule has 0 amide bonds. The molecule has 0 bridgehead atoms. The van der Waals surface area contributed by atoms with Gasteiger partial charge >= 0.3 is 0 Å². The molecule has 0 aliphatic carbocycles. The number of phenols is 2. The van der Waals surface area contributed by atoms with Gasteiger partial charge in [-0.15, -0.1) is 0 Å². The molecule has 0 aromatic heterocycles. The zero-order valence-electron chi connectivity index (χ0n) is 8.21. The van der Waals surface area contributed by atoms with Crippen molar-refractivity contribution in [3.63, 3.8) is 0 Å². The summed E-state index contributed by atoms with van der Waals surface area (Å²) in [5.41, 5.74) is 7.27. The molecule has 1 atom stereocenters. The first-order valence-corrected chi connectivity index (χ1v) is 4.76. The first-order valence-electron chi connectivity index (χ1n) is 4.39. The molecule has 1 unspecified atom stereocenters. The summed E-state index contributed by atoms with van der Waals surface area (Å²) in [4.78, 5) is 0. The van der Waals surface area contributed by atoms with E-state index in [0.29, 0.717) is 6.42 Å². The molecule has 0 aliphatic heterocycles. The predicted molar refractivity (Wildman–Crippen MR) is 56.9 cm³/mol. The van der Waals surface area contributed by atoms with Crippen LogP contribution in [-0.2, 0) is 6.42 Å². The summed E-state index contributed by atoms with van der Waals surface area (Å²) < 4.78 is 0. The fourth-order valence-electron chi connectivity index (χ4n) is 1.36. The van der Waals surface area contributed by atoms with Gasteiger partial charge in [-0.1, -0.05) is 11.6 Å². The first kappa shape index (κ1) is 11.1. The summed E-state index contributed by atoms with van der Waals surface area (Å²) in [6, 6.07) is 1.45. The lowest BCUT2D eigenvalue weighted by Gasteiger charge is -2.13. The van der Waals surface area contributed by atoms with Gasteiger partial charge in [0.15, 0.2) is 11.5 Å². The Morgan fingerprint density at radius 3 is 2.57 bits per heavy atom. The van der Waals surface area contributed by atoms with Crippen LogP contribution in [-0.4, -0.2) is 16.3 Å². The van der Waals surface area contributed by atoms with Crippen LogP contribution in [0.25, 0.3) is 0 Å². The Balaban J connectivity index is 3.22. The zero-order valence-corrected chi connectivity index (χ0v) is 8.97. The van der Waals surface area contributed by atoms with Gasteiger partial charge in [0.2, 0.25) is 0 Å². The Kier molecular flexibility index (Phi) is 3.24. The Hall–Kier alpha value is -0.930. The molecule has 0 radical (unpaired) electrons. The second-order valence-corrected chi connectivity index (χ2v) is 3.91. The van der Waals surface area contributed by atoms with Gasteiger partial charge in [0.25, 0.3) is 0 Å². The molecule has 0 heterocycles. The molecule has 0 aliphatic rings. The van der Waals surface area contributed by atoms with Crippen molar-refractivity contribution >= 4 is 11.6 Å². The van der Waals surface area contributed by atoms with Gasteiger partial charge in [-0.05, 0) is 37.5 Å². The molecule has 0 spiro atoms. The number of rotatable bonds is 2. The highest BCUT2D eigenvalue weighted by Crippen LogP contribution is 2.38. The minimum Gasteiger partial charge on any atom is -0.504 e. The van der Waals surface area contributed by atoms with E-state index >= 15 is 0 Å². The number of halogens is 1. The van der Waals surface area contributed by atoms with Crippen molar-refractivity contribution in [1.82, 2.24) is 0 Å². The number of phenolic OH excluding ortho intramolecular Hbond substituents is 2. The van der Waals surface area contributed by atoms with Crippen LogP contribution < -0.4 is 5.73 Å². The summed E-state index contributed by atoms with van der Waals surface area (Å²) >= 11 is 5.88. The van der Waals surface area contributed by atoms with Crippen LogP contribution in [0.15, 0.2) is 6.07 Å². The van der Waals surface area contributed by atoms with Crippen LogP contribution in [0.2, 0.25) is 5.02 Å². The Morgan fingerprint density at radius 2 is 2.07 bits per heavy atom. The van der Waals surface area contributed by atoms with E-state index in [0.717, 1.165) is 11.1 Å². The largest absolute Gasteiger partial charge is 0.504 e. The Bertz CT molecular complexity index is 350. The minimum atomic E-state index is -0.270. The van der Waals surface area contributed by atoms with Crippen LogP contribution in [0.4, 0.5) is 0 Å². The third kappa shape index (κ3) is 2.11. The lowest BCUT2D eigenvalue weighted by Crippen LogP contribution is -2.18. The molecule has 78 valence electrons. The predicted octanol–water partition coefficient (Wildman–Crippen LogP) is 1.95. The highest BCUT2D eigenvalue weighted by atomic mass is 35.5. The van der Waals surface area contributed by atoms with Crippen LogP contribution >= 0.6 is 11.6 Å². The fraction of sp³-hybridized carbons (Fsp3) is 0.400. The smallest absolute Gasteiger partial charge is 0.176 e. The van der Waals surface area contributed by atoms with Gasteiger partial charge in [0.1, 0.15) is 0 Å². The van der Waals surface area contributed by atoms with Crippen molar-refractivity contribution in [3.05, 3.63) is 22.2 Å². The van der Waals surface area contributed by atoms with E-state index in [9.17, 15) is 10.2 Å². The third-order valence-corrected chi connectivity index (χ3v) is 2.48. The van der Waals surface area contributed by atoms with Gasteiger partial charge in [-0.3, -0.25) is 0 Å². The second kappa shape index (κ2) is 4.07. The topological polar surface area (TPSA) is 66.5 Å². The van der Waals surface area contributed by atoms with E-state index < -0.39 is 0 Å². The molecule has 0 saturated heterocycles. The fourth-order valence-corrected chi connectivity index (χ4v) is 1.68. The molecule has 4 N–H and O–H groups in total. The molecule has 1 aromatic carbocycles. The van der Waals surface area contributed by atoms with Crippen molar-refractivity contribution in [3.8, 4) is 11.5 Å². The van der Waals surface area contributed by atoms with Crippen molar-refractivity contribution in [2.24, 2.45) is 5.73 Å². The zero-order chi connectivity index (χ0) is 10.9. The lowest BCUT2D eigenvalue weighted by atomic mass is 10.0. The van der Waals surface area contributed by atoms with Crippen molar-refractivity contribution in [2.75, 3.05) is 0 Å². The normalized spacial score (nSPS) is 12.9. The molecule has 0 fully saturated rings. The first-order chi connectivity index (χ1) is 6.43. The number of aromatic hydroxyl groups is 2. The third-order valence-electron chi connectivity index (χ3n) is 2.07. The monoisotopic (exact) mass is 215 g/mol. The maximum absolute atomic E-state index is 9.40. The van der Waals surface area contributed by atoms with Crippen molar-refractivity contribution in [1.29, 1.82) is 0 Å². The summed E-state index contributed by atoms with van der Waals surface area (Å²) in [7, 11) is 0. The molecular weight excluding hydrogens is 202 g/mol. The van der Waals surface area contributed by atoms with Gasteiger partial charge in [0.05, 0.1) is 5.02 Å². The second-order valence-electron chi connectivity index (χ2n) is 3.54. The van der Waals surface area contributed by atoms with E-state index in [1.54, 1.807) is 0 Å². The van der Waals surface area contributed by atoms with Crippen molar-refractivity contribution < 1.29 is 10.2 Å². The summed E-state index contributed by atoms with van der Waals surface area (Å²) in [5, 5.41) is 18.9. The van der Waals surface area contributed by atoms with Crippen LogP contribution in [0.3, 0.4) is 0 Å². The number of aryl methyl sites for hydroxylation is 1. The highest BCUT2D eigenvalue weighted by Gasteiger charge is 2.14. The van der Waals surface area contributed by atoms with E-state index in [2.05, 4.69) is 0 Å². The molecule has 1 aromatic rings. The molecule has 0 saturated carbocycles. The maximum Gasteiger partial charge on any atom is 0.176 e. The van der Waals surface area contributed by atoms with Gasteiger partial charge in [-0.2, -0.15) is 0 Å². The summed E-state index contributed by atoms with van der Waals surface area (Å²) in [5.74, 6) is -0.464. The Morgan fingerprint density at radius 1 is 1.50 bits per heavy atom. The minimum absolute atomic E-state index is 0.0323. The average molecular weight is 216 g/mol. The molecule has 4 heteroatoms. The van der Waals surface area contributed by atoms with E-state index in [4.69, 9.17) is 17.3 Å². The van der Waals surface area contributed by atoms with Gasteiger partial charge in [-0.25, -0.2) is 0 Å². The Labute approximate surface area is 88.1 Å². The molecule has 1 rings (SSSR count). The number of nitrogens with two attached hydrogens (primary N) is 1. The van der Waals surface area contributed by atoms with E-state index in [1.807, 2.05) is 13.8 Å². The van der Waals surface area contributed by atoms with Gasteiger partial charge in [0, 0.05) is 6.04 Å². The highest BCUT2D eigenvalue weighted by molar-refractivity contribution is 6.33. The maximum atomic E-state index is 9.40. The number of hydrogen-bond donors (Lipinski definition) is 3. The van der Waals surface area contributed by atoms with E-state index in [-0.39, 0.29) is 22.6 Å². The summed E-state index contributed by atoms with van der Waals surface area (Å²) in [6.07, 6.45) is 0.582. The average Bonchev–Trinajstić information content (AvgIpc) is 2.09. The van der Waals surface area contributed by atoms with Crippen LogP contribution in [0.1, 0.15) is 18.1 Å². The number of benzene rings is 1. The van der Waals surface area contributed by atoms with E-state index in [1.165, 1.54) is 6.07 Å². The van der Waals surface area contributed by atoms with Crippen molar-refractivity contribution in [2.45, 2.75) is 26.3 Å². The molecule has 14 heavy (non-hydrogen) atoms. The van der Waals surface area contributed by atoms with Crippen LogP contribution in [0.5, 0.6) is 11.5 Å².